The van der Waals surface area contributed by atoms with Gasteiger partial charge >= 0.3 is 7.12 Å². The van der Waals surface area contributed by atoms with Gasteiger partial charge in [0.1, 0.15) is 5.75 Å². The fourth-order valence-corrected chi connectivity index (χ4v) is 6.59. The van der Waals surface area contributed by atoms with Crippen LogP contribution in [-0.2, 0) is 14.2 Å². The van der Waals surface area contributed by atoms with E-state index < -0.39 is 23.9 Å². The molecule has 0 aromatic heterocycles. The number of benzene rings is 2. The van der Waals surface area contributed by atoms with E-state index in [1.165, 1.54) is 18.2 Å². The fourth-order valence-electron chi connectivity index (χ4n) is 6.59. The highest BCUT2D eigenvalue weighted by Crippen LogP contribution is 2.52. The Morgan fingerprint density at radius 3 is 2.62 bits per heavy atom. The monoisotopic (exact) mass is 544 g/mol. The summed E-state index contributed by atoms with van der Waals surface area (Å²) in [5.74, 6) is -2.05. The van der Waals surface area contributed by atoms with Gasteiger partial charge in [-0.15, -0.1) is 0 Å². The number of phenolic OH excluding ortho intramolecular Hbond substituents is 1. The second kappa shape index (κ2) is 11.4. The maximum absolute atomic E-state index is 13.8. The maximum Gasteiger partial charge on any atom is 0.455 e. The van der Waals surface area contributed by atoms with E-state index in [4.69, 9.17) is 4.65 Å². The van der Waals surface area contributed by atoms with Crippen molar-refractivity contribution in [3.8, 4) is 5.75 Å². The average Bonchev–Trinajstić information content (AvgIpc) is 3.18. The number of carbonyl (C=O) groups excluding carboxylic acids is 2. The number of nitro benzene ring substituents is 1. The van der Waals surface area contributed by atoms with Gasteiger partial charge in [0.15, 0.2) is 0 Å². The van der Waals surface area contributed by atoms with Gasteiger partial charge in [-0.05, 0) is 74.2 Å². The van der Waals surface area contributed by atoms with Crippen molar-refractivity contribution in [2.45, 2.75) is 58.4 Å². The molecule has 5 rings (SSSR count). The molecular weight excluding hydrogens is 511 g/mol. The summed E-state index contributed by atoms with van der Waals surface area (Å²) in [7, 11) is -1.06. The summed E-state index contributed by atoms with van der Waals surface area (Å²) in [6, 6.07) is 12.6. The molecule has 2 aliphatic heterocycles. The van der Waals surface area contributed by atoms with E-state index >= 15 is 0 Å². The van der Waals surface area contributed by atoms with Gasteiger partial charge in [-0.25, -0.2) is 4.90 Å². The van der Waals surface area contributed by atoms with Crippen molar-refractivity contribution in [2.24, 2.45) is 17.8 Å². The lowest BCUT2D eigenvalue weighted by Gasteiger charge is -2.43. The van der Waals surface area contributed by atoms with E-state index in [9.17, 15) is 29.8 Å². The molecular formula is C30H33BN2O7. The van der Waals surface area contributed by atoms with Gasteiger partial charge in [0, 0.05) is 12.1 Å². The SMILES string of the molecule is CCCC1=C2[C@@H](CC/C(C)=C/c3ccc(O)cc3)OB(O)C[C@@H]2[C@@H]2C(=O)N(c3cccc([N+](=O)[O-])c3)C(=O)[C@@H]2C1. The van der Waals surface area contributed by atoms with Crippen molar-refractivity contribution in [3.63, 3.8) is 0 Å². The quantitative estimate of drug-likeness (QED) is 0.152. The Kier molecular flexibility index (Phi) is 7.91. The lowest BCUT2D eigenvalue weighted by Crippen LogP contribution is -2.46. The normalized spacial score (nSPS) is 24.8. The van der Waals surface area contributed by atoms with Gasteiger partial charge in [-0.2, -0.15) is 0 Å². The number of aromatic hydroxyl groups is 1. The van der Waals surface area contributed by atoms with E-state index in [2.05, 4.69) is 6.92 Å². The minimum atomic E-state index is -1.06. The third-order valence-corrected chi connectivity index (χ3v) is 8.27. The Morgan fingerprint density at radius 1 is 1.18 bits per heavy atom. The first-order valence-corrected chi connectivity index (χ1v) is 13.8. The Bertz CT molecular complexity index is 1390. The number of phenols is 1. The second-order valence-electron chi connectivity index (χ2n) is 11.0. The minimum absolute atomic E-state index is 0.185. The number of anilines is 1. The molecule has 2 fully saturated rings. The lowest BCUT2D eigenvalue weighted by atomic mass is 9.58. The number of nitrogens with zero attached hydrogens (tertiary/aromatic N) is 2. The summed E-state index contributed by atoms with van der Waals surface area (Å²) < 4.78 is 6.07. The summed E-state index contributed by atoms with van der Waals surface area (Å²) in [4.78, 5) is 39.3. The molecule has 10 heteroatoms. The number of allylic oxidation sites excluding steroid dienone is 2. The first-order chi connectivity index (χ1) is 19.2. The van der Waals surface area contributed by atoms with Crippen molar-refractivity contribution in [1.29, 1.82) is 0 Å². The molecule has 40 heavy (non-hydrogen) atoms. The van der Waals surface area contributed by atoms with Crippen LogP contribution in [-0.4, -0.2) is 40.1 Å². The van der Waals surface area contributed by atoms with Crippen LogP contribution in [0.25, 0.3) is 6.08 Å². The Hall–Kier alpha value is -3.76. The largest absolute Gasteiger partial charge is 0.508 e. The van der Waals surface area contributed by atoms with Gasteiger partial charge < -0.3 is 14.8 Å². The predicted octanol–water partition coefficient (Wildman–Crippen LogP) is 5.29. The van der Waals surface area contributed by atoms with Gasteiger partial charge in [0.2, 0.25) is 11.8 Å². The van der Waals surface area contributed by atoms with E-state index in [0.29, 0.717) is 19.3 Å². The molecule has 9 nitrogen and oxygen atoms in total. The number of carbonyl (C=O) groups is 2. The molecule has 2 saturated heterocycles. The number of hydrogen-bond donors (Lipinski definition) is 2. The summed E-state index contributed by atoms with van der Waals surface area (Å²) in [6.07, 6.45) is 5.29. The highest BCUT2D eigenvalue weighted by Gasteiger charge is 2.57. The number of fused-ring (bicyclic) bond motifs is 3. The zero-order valence-electron chi connectivity index (χ0n) is 22.7. The van der Waals surface area contributed by atoms with E-state index in [0.717, 1.165) is 40.0 Å². The van der Waals surface area contributed by atoms with Crippen molar-refractivity contribution >= 4 is 36.4 Å². The van der Waals surface area contributed by atoms with Gasteiger partial charge in [0.05, 0.1) is 28.6 Å². The van der Waals surface area contributed by atoms with Crippen molar-refractivity contribution in [1.82, 2.24) is 0 Å². The molecule has 3 aliphatic rings. The molecule has 0 bridgehead atoms. The number of non-ortho nitro benzene ring substituents is 1. The highest BCUT2D eigenvalue weighted by molar-refractivity contribution is 6.43. The summed E-state index contributed by atoms with van der Waals surface area (Å²) in [5, 5.41) is 31.6. The first kappa shape index (κ1) is 27.8. The molecule has 1 aliphatic carbocycles. The van der Waals surface area contributed by atoms with Crippen LogP contribution in [0.1, 0.15) is 51.5 Å². The predicted molar refractivity (Wildman–Crippen MR) is 151 cm³/mol. The molecule has 4 atom stereocenters. The molecule has 208 valence electrons. The standard InChI is InChI=1S/C30H33BN2O7/c1-3-5-20-15-24-28(30(36)32(29(24)35)21-6-4-7-22(16-21)33(38)39)25-17-31(37)40-26(27(20)25)13-8-18(2)14-19-9-11-23(34)12-10-19/h4,6-7,9-12,14,16,24-26,28,34,37H,3,5,8,13,15,17H2,1-2H3/b18-14+/t24-,25+,26-,28-/m1/s1. The maximum atomic E-state index is 13.8. The summed E-state index contributed by atoms with van der Waals surface area (Å²) >= 11 is 0. The van der Waals surface area contributed by atoms with Gasteiger partial charge in [-0.1, -0.05) is 48.8 Å². The molecule has 2 N–H and O–H groups in total. The molecule has 2 amide bonds. The average molecular weight is 544 g/mol. The third kappa shape index (κ3) is 5.33. The number of rotatable bonds is 8. The zero-order valence-corrected chi connectivity index (χ0v) is 22.7. The number of imide groups is 1. The van der Waals surface area contributed by atoms with Gasteiger partial charge in [-0.3, -0.25) is 19.7 Å². The topological polar surface area (TPSA) is 130 Å². The lowest BCUT2D eigenvalue weighted by molar-refractivity contribution is -0.384. The van der Waals surface area contributed by atoms with Crippen molar-refractivity contribution in [2.75, 3.05) is 4.90 Å². The second-order valence-corrected chi connectivity index (χ2v) is 11.0. The molecule has 2 aromatic rings. The highest BCUT2D eigenvalue weighted by atomic mass is 16.6. The van der Waals surface area contributed by atoms with Crippen molar-refractivity contribution < 1.29 is 29.3 Å². The van der Waals surface area contributed by atoms with Crippen LogP contribution in [0, 0.1) is 27.9 Å². The van der Waals surface area contributed by atoms with Crippen LogP contribution < -0.4 is 4.90 Å². The molecule has 0 unspecified atom stereocenters. The Balaban J connectivity index is 1.43. The van der Waals surface area contributed by atoms with E-state index in [1.807, 2.05) is 25.1 Å². The molecule has 0 saturated carbocycles. The molecule has 0 radical (unpaired) electrons. The van der Waals surface area contributed by atoms with Crippen LogP contribution >= 0.6 is 0 Å². The first-order valence-electron chi connectivity index (χ1n) is 13.8. The van der Waals surface area contributed by atoms with Gasteiger partial charge in [0.25, 0.3) is 5.69 Å². The Morgan fingerprint density at radius 2 is 1.93 bits per heavy atom. The smallest absolute Gasteiger partial charge is 0.455 e. The zero-order chi connectivity index (χ0) is 28.6. The summed E-state index contributed by atoms with van der Waals surface area (Å²) in [6.45, 7) is 4.10. The number of hydrogen-bond acceptors (Lipinski definition) is 7. The number of amides is 2. The van der Waals surface area contributed by atoms with Crippen LogP contribution in [0.3, 0.4) is 0 Å². The minimum Gasteiger partial charge on any atom is -0.508 e. The third-order valence-electron chi connectivity index (χ3n) is 8.27. The van der Waals surface area contributed by atoms with Crippen LogP contribution in [0.5, 0.6) is 5.75 Å². The van der Waals surface area contributed by atoms with Crippen LogP contribution in [0.2, 0.25) is 6.32 Å². The molecule has 2 heterocycles. The van der Waals surface area contributed by atoms with Crippen molar-refractivity contribution in [3.05, 3.63) is 80.9 Å². The molecule has 0 spiro atoms. The van der Waals surface area contributed by atoms with Crippen LogP contribution in [0.15, 0.2) is 65.3 Å². The Labute approximate surface area is 233 Å². The molecule has 2 aromatic carbocycles. The number of nitro groups is 1. The summed E-state index contributed by atoms with van der Waals surface area (Å²) in [5.41, 5.74) is 4.26. The fraction of sp³-hybridized carbons (Fsp3) is 0.400. The van der Waals surface area contributed by atoms with E-state index in [1.54, 1.807) is 18.2 Å². The van der Waals surface area contributed by atoms with E-state index in [-0.39, 0.29) is 47.3 Å². The van der Waals surface area contributed by atoms with Crippen LogP contribution in [0.4, 0.5) is 11.4 Å².